The van der Waals surface area contributed by atoms with Gasteiger partial charge in [-0.2, -0.15) is 0 Å². The summed E-state index contributed by atoms with van der Waals surface area (Å²) in [7, 11) is 4.03. The molecule has 0 radical (unpaired) electrons. The minimum atomic E-state index is -0.0145. The SMILES string of the molecule is Cc1nc(CC(=O)N2CCC[C@H]2c2nccc(CN(C)C)n2)cs1. The van der Waals surface area contributed by atoms with Crippen LogP contribution in [0.4, 0.5) is 0 Å². The van der Waals surface area contributed by atoms with Crippen molar-refractivity contribution in [2.45, 2.75) is 38.8 Å². The van der Waals surface area contributed by atoms with Crippen molar-refractivity contribution in [2.24, 2.45) is 0 Å². The van der Waals surface area contributed by atoms with Crippen molar-refractivity contribution in [2.75, 3.05) is 20.6 Å². The summed E-state index contributed by atoms with van der Waals surface area (Å²) >= 11 is 1.58. The number of carbonyl (C=O) groups is 1. The molecule has 1 aliphatic rings. The first-order valence-corrected chi connectivity index (χ1v) is 9.08. The molecule has 1 atom stereocenters. The van der Waals surface area contributed by atoms with Gasteiger partial charge in [0.05, 0.1) is 28.9 Å². The van der Waals surface area contributed by atoms with Crippen LogP contribution >= 0.6 is 11.3 Å². The summed E-state index contributed by atoms with van der Waals surface area (Å²) in [6.07, 6.45) is 4.07. The first-order valence-electron chi connectivity index (χ1n) is 8.20. The molecule has 3 heterocycles. The van der Waals surface area contributed by atoms with Gasteiger partial charge in [0.1, 0.15) is 0 Å². The van der Waals surface area contributed by atoms with Crippen molar-refractivity contribution in [3.05, 3.63) is 39.9 Å². The number of rotatable bonds is 5. The van der Waals surface area contributed by atoms with E-state index in [1.54, 1.807) is 17.5 Å². The molecule has 0 saturated carbocycles. The molecule has 2 aromatic heterocycles. The Morgan fingerprint density at radius 2 is 2.21 bits per heavy atom. The van der Waals surface area contributed by atoms with Gasteiger partial charge in [0, 0.05) is 24.7 Å². The third-order valence-corrected chi connectivity index (χ3v) is 4.90. The highest BCUT2D eigenvalue weighted by Gasteiger charge is 2.32. The zero-order valence-electron chi connectivity index (χ0n) is 14.4. The molecule has 2 aromatic rings. The van der Waals surface area contributed by atoms with Gasteiger partial charge in [-0.1, -0.05) is 0 Å². The Bertz CT molecular complexity index is 715. The number of nitrogens with zero attached hydrogens (tertiary/aromatic N) is 5. The van der Waals surface area contributed by atoms with Crippen LogP contribution in [0.15, 0.2) is 17.6 Å². The standard InChI is InChI=1S/C17H23N5OS/c1-12-19-14(11-24-12)9-16(23)22-8-4-5-15(22)17-18-7-6-13(20-17)10-21(2)3/h6-7,11,15H,4-5,8-10H2,1-3H3/t15-/m0/s1. The van der Waals surface area contributed by atoms with Gasteiger partial charge < -0.3 is 9.80 Å². The van der Waals surface area contributed by atoms with E-state index < -0.39 is 0 Å². The Hall–Kier alpha value is -1.86. The Morgan fingerprint density at radius 1 is 1.38 bits per heavy atom. The van der Waals surface area contributed by atoms with Crippen LogP contribution in [0.1, 0.15) is 41.1 Å². The fourth-order valence-corrected chi connectivity index (χ4v) is 3.68. The van der Waals surface area contributed by atoms with Crippen LogP contribution in [-0.2, 0) is 17.8 Å². The lowest BCUT2D eigenvalue weighted by Gasteiger charge is -2.23. The van der Waals surface area contributed by atoms with Crippen LogP contribution in [0.2, 0.25) is 0 Å². The van der Waals surface area contributed by atoms with Gasteiger partial charge in [0.25, 0.3) is 0 Å². The number of carbonyl (C=O) groups excluding carboxylic acids is 1. The van der Waals surface area contributed by atoms with Gasteiger partial charge in [-0.25, -0.2) is 15.0 Å². The monoisotopic (exact) mass is 345 g/mol. The molecule has 0 unspecified atom stereocenters. The molecule has 7 heteroatoms. The smallest absolute Gasteiger partial charge is 0.229 e. The number of amides is 1. The van der Waals surface area contributed by atoms with Crippen molar-refractivity contribution in [1.82, 2.24) is 24.8 Å². The summed E-state index contributed by atoms with van der Waals surface area (Å²) < 4.78 is 0. The van der Waals surface area contributed by atoms with E-state index >= 15 is 0 Å². The van der Waals surface area contributed by atoms with Gasteiger partial charge in [0.15, 0.2) is 5.82 Å². The van der Waals surface area contributed by atoms with Crippen molar-refractivity contribution < 1.29 is 4.79 Å². The highest BCUT2D eigenvalue weighted by molar-refractivity contribution is 7.09. The minimum Gasteiger partial charge on any atom is -0.332 e. The molecule has 1 saturated heterocycles. The second-order valence-electron chi connectivity index (χ2n) is 6.42. The van der Waals surface area contributed by atoms with Crippen molar-refractivity contribution in [3.8, 4) is 0 Å². The van der Waals surface area contributed by atoms with E-state index in [9.17, 15) is 4.79 Å². The van der Waals surface area contributed by atoms with Gasteiger partial charge in [-0.3, -0.25) is 4.79 Å². The maximum absolute atomic E-state index is 12.7. The predicted molar refractivity (Wildman–Crippen MR) is 93.7 cm³/mol. The van der Waals surface area contributed by atoms with Crippen LogP contribution in [-0.4, -0.2) is 51.3 Å². The highest BCUT2D eigenvalue weighted by Crippen LogP contribution is 2.30. The molecule has 0 spiro atoms. The van der Waals surface area contributed by atoms with Crippen molar-refractivity contribution in [1.29, 1.82) is 0 Å². The van der Waals surface area contributed by atoms with Crippen molar-refractivity contribution in [3.63, 3.8) is 0 Å². The summed E-state index contributed by atoms with van der Waals surface area (Å²) in [5.41, 5.74) is 1.84. The van der Waals surface area contributed by atoms with E-state index in [1.165, 1.54) is 0 Å². The number of hydrogen-bond donors (Lipinski definition) is 0. The summed E-state index contributed by atoms with van der Waals surface area (Å²) in [6.45, 7) is 3.50. The zero-order valence-corrected chi connectivity index (χ0v) is 15.2. The fraction of sp³-hybridized carbons (Fsp3) is 0.529. The minimum absolute atomic E-state index is 0.0145. The Morgan fingerprint density at radius 3 is 2.92 bits per heavy atom. The molecule has 0 N–H and O–H groups in total. The number of aromatic nitrogens is 3. The summed E-state index contributed by atoms with van der Waals surface area (Å²) in [5, 5.41) is 2.96. The molecule has 1 fully saturated rings. The van der Waals surface area contributed by atoms with E-state index in [2.05, 4.69) is 19.9 Å². The van der Waals surface area contributed by atoms with Crippen LogP contribution in [0.3, 0.4) is 0 Å². The molecular formula is C17H23N5OS. The van der Waals surface area contributed by atoms with E-state index in [1.807, 2.05) is 37.4 Å². The number of likely N-dealkylation sites (tertiary alicyclic amines) is 1. The lowest BCUT2D eigenvalue weighted by Crippen LogP contribution is -2.33. The maximum atomic E-state index is 12.7. The molecule has 1 amide bonds. The molecule has 0 aromatic carbocycles. The highest BCUT2D eigenvalue weighted by atomic mass is 32.1. The van der Waals surface area contributed by atoms with E-state index in [4.69, 9.17) is 0 Å². The first-order chi connectivity index (χ1) is 11.5. The van der Waals surface area contributed by atoms with Gasteiger partial charge in [0.2, 0.25) is 5.91 Å². The van der Waals surface area contributed by atoms with Crippen LogP contribution < -0.4 is 0 Å². The Labute approximate surface area is 146 Å². The topological polar surface area (TPSA) is 62.2 Å². The molecule has 24 heavy (non-hydrogen) atoms. The fourth-order valence-electron chi connectivity index (χ4n) is 3.07. The first kappa shape index (κ1) is 17.0. The molecular weight excluding hydrogens is 322 g/mol. The molecule has 1 aliphatic heterocycles. The lowest BCUT2D eigenvalue weighted by molar-refractivity contribution is -0.131. The van der Waals surface area contributed by atoms with Crippen molar-refractivity contribution >= 4 is 17.2 Å². The summed E-state index contributed by atoms with van der Waals surface area (Å²) in [4.78, 5) is 30.2. The van der Waals surface area contributed by atoms with E-state index in [0.717, 1.165) is 48.2 Å². The third kappa shape index (κ3) is 3.96. The van der Waals surface area contributed by atoms with Crippen LogP contribution in [0.25, 0.3) is 0 Å². The van der Waals surface area contributed by atoms with Gasteiger partial charge in [-0.05, 0) is 39.9 Å². The second-order valence-corrected chi connectivity index (χ2v) is 7.49. The molecule has 3 rings (SSSR count). The third-order valence-electron chi connectivity index (χ3n) is 4.08. The summed E-state index contributed by atoms with van der Waals surface area (Å²) in [5.74, 6) is 0.874. The van der Waals surface area contributed by atoms with Gasteiger partial charge in [-0.15, -0.1) is 11.3 Å². The van der Waals surface area contributed by atoms with Crippen LogP contribution in [0.5, 0.6) is 0 Å². The Balaban J connectivity index is 1.74. The molecule has 0 aliphatic carbocycles. The number of aryl methyl sites for hydroxylation is 1. The largest absolute Gasteiger partial charge is 0.332 e. The average molecular weight is 345 g/mol. The number of thiazole rings is 1. The lowest BCUT2D eigenvalue weighted by atomic mass is 10.2. The van der Waals surface area contributed by atoms with E-state index in [-0.39, 0.29) is 11.9 Å². The normalized spacial score (nSPS) is 17.7. The van der Waals surface area contributed by atoms with E-state index in [0.29, 0.717) is 6.42 Å². The maximum Gasteiger partial charge on any atom is 0.229 e. The summed E-state index contributed by atoms with van der Waals surface area (Å²) in [6, 6.07) is 1.92. The Kier molecular flexibility index (Phi) is 5.20. The molecule has 6 nitrogen and oxygen atoms in total. The predicted octanol–water partition coefficient (Wildman–Crippen LogP) is 2.21. The quantitative estimate of drug-likeness (QED) is 0.831. The number of hydrogen-bond acceptors (Lipinski definition) is 6. The van der Waals surface area contributed by atoms with Crippen LogP contribution in [0, 0.1) is 6.92 Å². The average Bonchev–Trinajstić information content (AvgIpc) is 3.16. The molecule has 128 valence electrons. The zero-order chi connectivity index (χ0) is 17.1. The second kappa shape index (κ2) is 7.36. The van der Waals surface area contributed by atoms with Gasteiger partial charge >= 0.3 is 0 Å². The molecule has 0 bridgehead atoms.